The fourth-order valence-electron chi connectivity index (χ4n) is 2.74. The van der Waals surface area contributed by atoms with E-state index >= 15 is 0 Å². The Morgan fingerprint density at radius 1 is 1.14 bits per heavy atom. The highest BCUT2D eigenvalue weighted by atomic mass is 32.1. The molecule has 0 spiro atoms. The van der Waals surface area contributed by atoms with Gasteiger partial charge in [-0.1, -0.05) is 31.2 Å². The Bertz CT molecular complexity index is 530. The van der Waals surface area contributed by atoms with Crippen molar-refractivity contribution < 1.29 is 0 Å². The maximum Gasteiger partial charge on any atom is 0.0525 e. The molecular weight excluding hydrogens is 276 g/mol. The van der Waals surface area contributed by atoms with Gasteiger partial charge in [-0.3, -0.25) is 0 Å². The predicted molar refractivity (Wildman–Crippen MR) is 94.2 cm³/mol. The Morgan fingerprint density at radius 2 is 1.90 bits per heavy atom. The molecule has 1 heterocycles. The van der Waals surface area contributed by atoms with E-state index in [0.29, 0.717) is 12.1 Å². The molecule has 21 heavy (non-hydrogen) atoms. The van der Waals surface area contributed by atoms with Gasteiger partial charge in [0, 0.05) is 22.6 Å². The van der Waals surface area contributed by atoms with Gasteiger partial charge in [0.25, 0.3) is 0 Å². The van der Waals surface area contributed by atoms with Crippen LogP contribution in [0.4, 0.5) is 5.69 Å². The molecule has 0 amide bonds. The zero-order chi connectivity index (χ0) is 15.2. The zero-order valence-electron chi connectivity index (χ0n) is 13.5. The van der Waals surface area contributed by atoms with Crippen molar-refractivity contribution in [3.05, 3.63) is 52.2 Å². The van der Waals surface area contributed by atoms with Gasteiger partial charge in [0.2, 0.25) is 0 Å². The lowest BCUT2D eigenvalue weighted by atomic mass is 10.0. The molecule has 0 saturated carbocycles. The molecule has 0 saturated heterocycles. The van der Waals surface area contributed by atoms with Crippen molar-refractivity contribution in [3.8, 4) is 0 Å². The van der Waals surface area contributed by atoms with Crippen LogP contribution in [0, 0.1) is 0 Å². The van der Waals surface area contributed by atoms with Crippen molar-refractivity contribution in [2.24, 2.45) is 0 Å². The van der Waals surface area contributed by atoms with Crippen molar-refractivity contribution in [2.45, 2.75) is 45.8 Å². The third-order valence-corrected chi connectivity index (χ3v) is 4.77. The highest BCUT2D eigenvalue weighted by Gasteiger charge is 2.18. The number of benzene rings is 1. The fraction of sp³-hybridized carbons (Fsp3) is 0.444. The van der Waals surface area contributed by atoms with Gasteiger partial charge in [0.05, 0.1) is 6.54 Å². The zero-order valence-corrected chi connectivity index (χ0v) is 14.3. The third-order valence-electron chi connectivity index (χ3n) is 3.91. The summed E-state index contributed by atoms with van der Waals surface area (Å²) < 4.78 is 0. The van der Waals surface area contributed by atoms with Crippen LogP contribution in [0.15, 0.2) is 41.8 Å². The number of rotatable bonds is 7. The van der Waals surface area contributed by atoms with Crippen molar-refractivity contribution in [1.29, 1.82) is 0 Å². The number of nitrogens with one attached hydrogen (secondary N) is 1. The normalized spacial score (nSPS) is 12.6. The van der Waals surface area contributed by atoms with E-state index < -0.39 is 0 Å². The second-order valence-electron chi connectivity index (χ2n) is 5.61. The SMILES string of the molecule is CCC(NC)c1ccccc1N(Cc1cccs1)C(C)C. The summed E-state index contributed by atoms with van der Waals surface area (Å²) in [5.41, 5.74) is 2.75. The van der Waals surface area contributed by atoms with Gasteiger partial charge in [-0.15, -0.1) is 11.3 Å². The van der Waals surface area contributed by atoms with Crippen LogP contribution in [0.3, 0.4) is 0 Å². The van der Waals surface area contributed by atoms with Crippen LogP contribution in [0.1, 0.15) is 43.7 Å². The summed E-state index contributed by atoms with van der Waals surface area (Å²) in [4.78, 5) is 3.91. The minimum absolute atomic E-state index is 0.408. The lowest BCUT2D eigenvalue weighted by molar-refractivity contribution is 0.570. The van der Waals surface area contributed by atoms with E-state index in [4.69, 9.17) is 0 Å². The number of hydrogen-bond donors (Lipinski definition) is 1. The van der Waals surface area contributed by atoms with Gasteiger partial charge in [0.1, 0.15) is 0 Å². The van der Waals surface area contributed by atoms with Crippen LogP contribution >= 0.6 is 11.3 Å². The summed E-state index contributed by atoms with van der Waals surface area (Å²) in [5, 5.41) is 5.59. The summed E-state index contributed by atoms with van der Waals surface area (Å²) >= 11 is 1.83. The highest BCUT2D eigenvalue weighted by molar-refractivity contribution is 7.09. The van der Waals surface area contributed by atoms with E-state index in [1.54, 1.807) is 0 Å². The molecule has 3 heteroatoms. The molecule has 2 rings (SSSR count). The van der Waals surface area contributed by atoms with Crippen LogP contribution < -0.4 is 10.2 Å². The summed E-state index contributed by atoms with van der Waals surface area (Å²) in [5.74, 6) is 0. The summed E-state index contributed by atoms with van der Waals surface area (Å²) in [6.45, 7) is 7.75. The first-order valence-electron chi connectivity index (χ1n) is 7.72. The van der Waals surface area contributed by atoms with Crippen molar-refractivity contribution in [1.82, 2.24) is 5.32 Å². The first-order chi connectivity index (χ1) is 10.2. The van der Waals surface area contributed by atoms with Crippen molar-refractivity contribution in [3.63, 3.8) is 0 Å². The summed E-state index contributed by atoms with van der Waals surface area (Å²) in [6.07, 6.45) is 1.10. The average molecular weight is 302 g/mol. The van der Waals surface area contributed by atoms with E-state index in [1.807, 2.05) is 18.4 Å². The van der Waals surface area contributed by atoms with E-state index in [-0.39, 0.29) is 0 Å². The maximum atomic E-state index is 3.44. The van der Waals surface area contributed by atoms with Gasteiger partial charge in [-0.25, -0.2) is 0 Å². The molecule has 0 aliphatic carbocycles. The number of thiophene rings is 1. The maximum absolute atomic E-state index is 3.44. The quantitative estimate of drug-likeness (QED) is 0.788. The minimum Gasteiger partial charge on any atom is -0.364 e. The molecule has 0 aliphatic rings. The molecule has 0 aliphatic heterocycles. The lowest BCUT2D eigenvalue weighted by Crippen LogP contribution is -2.32. The van der Waals surface area contributed by atoms with Crippen LogP contribution in [0.2, 0.25) is 0 Å². The summed E-state index contributed by atoms with van der Waals surface area (Å²) in [7, 11) is 2.05. The number of anilines is 1. The van der Waals surface area contributed by atoms with Crippen LogP contribution in [0.25, 0.3) is 0 Å². The molecule has 1 aromatic carbocycles. The topological polar surface area (TPSA) is 15.3 Å². The van der Waals surface area contributed by atoms with E-state index in [0.717, 1.165) is 13.0 Å². The second kappa shape index (κ2) is 7.62. The molecule has 0 radical (unpaired) electrons. The van der Waals surface area contributed by atoms with Crippen molar-refractivity contribution >= 4 is 17.0 Å². The van der Waals surface area contributed by atoms with Crippen molar-refractivity contribution in [2.75, 3.05) is 11.9 Å². The van der Waals surface area contributed by atoms with Gasteiger partial charge >= 0.3 is 0 Å². The Hall–Kier alpha value is -1.32. The molecule has 0 fully saturated rings. The fourth-order valence-corrected chi connectivity index (χ4v) is 3.44. The first-order valence-corrected chi connectivity index (χ1v) is 8.60. The highest BCUT2D eigenvalue weighted by Crippen LogP contribution is 2.31. The lowest BCUT2D eigenvalue weighted by Gasteiger charge is -2.32. The molecule has 0 bridgehead atoms. The van der Waals surface area contributed by atoms with Crippen LogP contribution in [0.5, 0.6) is 0 Å². The average Bonchev–Trinajstić information content (AvgIpc) is 2.99. The molecule has 1 unspecified atom stereocenters. The molecule has 2 aromatic rings. The second-order valence-corrected chi connectivity index (χ2v) is 6.64. The molecular formula is C18H26N2S. The van der Waals surface area contributed by atoms with Crippen LogP contribution in [-0.2, 0) is 6.54 Å². The Balaban J connectivity index is 2.36. The summed E-state index contributed by atoms with van der Waals surface area (Å²) in [6, 6.07) is 14.0. The Kier molecular flexibility index (Phi) is 5.83. The number of nitrogens with zero attached hydrogens (tertiary/aromatic N) is 1. The number of hydrogen-bond acceptors (Lipinski definition) is 3. The monoisotopic (exact) mass is 302 g/mol. The minimum atomic E-state index is 0.408. The van der Waals surface area contributed by atoms with E-state index in [2.05, 4.69) is 72.8 Å². The first kappa shape index (κ1) is 16.1. The smallest absolute Gasteiger partial charge is 0.0525 e. The van der Waals surface area contributed by atoms with E-state index in [1.165, 1.54) is 16.1 Å². The predicted octanol–water partition coefficient (Wildman–Crippen LogP) is 4.83. The standard InChI is InChI=1S/C18H26N2S/c1-5-17(19-4)16-10-6-7-11-18(16)20(14(2)3)13-15-9-8-12-21-15/h6-12,14,17,19H,5,13H2,1-4H3. The molecule has 114 valence electrons. The molecule has 2 nitrogen and oxygen atoms in total. The Morgan fingerprint density at radius 3 is 2.48 bits per heavy atom. The molecule has 1 atom stereocenters. The largest absolute Gasteiger partial charge is 0.364 e. The van der Waals surface area contributed by atoms with Gasteiger partial charge in [0.15, 0.2) is 0 Å². The van der Waals surface area contributed by atoms with E-state index in [9.17, 15) is 0 Å². The van der Waals surface area contributed by atoms with Gasteiger partial charge in [-0.05, 0) is 50.4 Å². The van der Waals surface area contributed by atoms with Gasteiger partial charge < -0.3 is 10.2 Å². The molecule has 1 N–H and O–H groups in total. The number of para-hydroxylation sites is 1. The Labute approximate surface area is 132 Å². The van der Waals surface area contributed by atoms with Gasteiger partial charge in [-0.2, -0.15) is 0 Å². The third kappa shape index (κ3) is 3.86. The molecule has 1 aromatic heterocycles. The van der Waals surface area contributed by atoms with Crippen LogP contribution in [-0.4, -0.2) is 13.1 Å².